The highest BCUT2D eigenvalue weighted by atomic mass is 35.5. The average molecular weight is 238 g/mol. The van der Waals surface area contributed by atoms with Crippen molar-refractivity contribution in [3.63, 3.8) is 0 Å². The summed E-state index contributed by atoms with van der Waals surface area (Å²) in [6.45, 7) is 2.03. The Morgan fingerprint density at radius 3 is 3.00 bits per heavy atom. The van der Waals surface area contributed by atoms with Gasteiger partial charge in [0.1, 0.15) is 16.8 Å². The second-order valence-corrected chi connectivity index (χ2v) is 4.36. The van der Waals surface area contributed by atoms with Gasteiger partial charge in [-0.05, 0) is 19.3 Å². The average Bonchev–Trinajstić information content (AvgIpc) is 2.29. The summed E-state index contributed by atoms with van der Waals surface area (Å²) in [5.41, 5.74) is 0. The molecule has 1 atom stereocenters. The van der Waals surface area contributed by atoms with E-state index in [4.69, 9.17) is 11.6 Å². The normalized spacial score (nSPS) is 19.8. The molecule has 86 valence electrons. The molecule has 0 amide bonds. The summed E-state index contributed by atoms with van der Waals surface area (Å²) in [6, 6.07) is 2.26. The van der Waals surface area contributed by atoms with E-state index >= 15 is 0 Å². The van der Waals surface area contributed by atoms with Gasteiger partial charge in [-0.1, -0.05) is 30.7 Å². The molecule has 1 aromatic heterocycles. The first-order valence-electron chi connectivity index (χ1n) is 5.73. The van der Waals surface area contributed by atoms with Gasteiger partial charge in [-0.25, -0.2) is 9.97 Å². The van der Waals surface area contributed by atoms with E-state index in [0.717, 1.165) is 37.3 Å². The molecule has 1 aliphatic carbocycles. The maximum Gasteiger partial charge on any atom is 0.134 e. The number of halogens is 1. The third-order valence-corrected chi connectivity index (χ3v) is 2.87. The molecule has 2 rings (SSSR count). The van der Waals surface area contributed by atoms with Crippen LogP contribution in [0, 0.1) is 0 Å². The van der Waals surface area contributed by atoms with Crippen LogP contribution in [0.25, 0.3) is 0 Å². The van der Waals surface area contributed by atoms with E-state index < -0.39 is 0 Å². The van der Waals surface area contributed by atoms with Crippen LogP contribution in [0.5, 0.6) is 0 Å². The molecule has 3 nitrogen and oxygen atoms in total. The van der Waals surface area contributed by atoms with Crippen LogP contribution in [0.3, 0.4) is 0 Å². The minimum Gasteiger partial charge on any atom is -0.367 e. The van der Waals surface area contributed by atoms with Crippen molar-refractivity contribution in [1.29, 1.82) is 0 Å². The molecule has 1 aliphatic rings. The van der Waals surface area contributed by atoms with Crippen LogP contribution in [-0.4, -0.2) is 16.0 Å². The highest BCUT2D eigenvalue weighted by Crippen LogP contribution is 2.18. The quantitative estimate of drug-likeness (QED) is 0.648. The number of hydrogen-bond acceptors (Lipinski definition) is 3. The summed E-state index contributed by atoms with van der Waals surface area (Å²) in [6.07, 6.45) is 8.59. The molecule has 1 unspecified atom stereocenters. The molecule has 0 fully saturated rings. The number of nitrogens with zero attached hydrogens (tertiary/aromatic N) is 2. The zero-order valence-corrected chi connectivity index (χ0v) is 10.2. The Kier molecular flexibility index (Phi) is 3.78. The molecule has 16 heavy (non-hydrogen) atoms. The number of hydrogen-bond donors (Lipinski definition) is 1. The summed E-state index contributed by atoms with van der Waals surface area (Å²) in [7, 11) is 0. The Balaban J connectivity index is 2.08. The van der Waals surface area contributed by atoms with Crippen molar-refractivity contribution in [3.05, 3.63) is 29.2 Å². The monoisotopic (exact) mass is 237 g/mol. The number of anilines is 1. The highest BCUT2D eigenvalue weighted by Gasteiger charge is 2.11. The molecular formula is C12H16ClN3. The molecule has 0 saturated heterocycles. The number of allylic oxidation sites excluding steroid dienone is 1. The first kappa shape index (κ1) is 11.4. The Bertz CT molecular complexity index is 390. The van der Waals surface area contributed by atoms with Crippen molar-refractivity contribution in [1.82, 2.24) is 9.97 Å². The van der Waals surface area contributed by atoms with Gasteiger partial charge in [-0.2, -0.15) is 0 Å². The Morgan fingerprint density at radius 1 is 1.44 bits per heavy atom. The van der Waals surface area contributed by atoms with E-state index in [2.05, 4.69) is 27.4 Å². The summed E-state index contributed by atoms with van der Waals surface area (Å²) in [5.74, 6) is 1.64. The SMILES string of the molecule is CCc1nc(Cl)cc(NC2CC=CCC2)n1. The zero-order valence-electron chi connectivity index (χ0n) is 9.41. The molecule has 1 heterocycles. The molecular weight excluding hydrogens is 222 g/mol. The largest absolute Gasteiger partial charge is 0.367 e. The summed E-state index contributed by atoms with van der Waals surface area (Å²) < 4.78 is 0. The first-order chi connectivity index (χ1) is 7.78. The van der Waals surface area contributed by atoms with Crippen LogP contribution in [-0.2, 0) is 6.42 Å². The summed E-state index contributed by atoms with van der Waals surface area (Å²) >= 11 is 5.94. The van der Waals surface area contributed by atoms with Gasteiger partial charge >= 0.3 is 0 Å². The summed E-state index contributed by atoms with van der Waals surface area (Å²) in [4.78, 5) is 8.56. The number of nitrogens with one attached hydrogen (secondary N) is 1. The van der Waals surface area contributed by atoms with Crippen molar-refractivity contribution in [2.45, 2.75) is 38.6 Å². The van der Waals surface area contributed by atoms with Crippen LogP contribution in [0.2, 0.25) is 5.15 Å². The van der Waals surface area contributed by atoms with Gasteiger partial charge < -0.3 is 5.32 Å². The number of aryl methyl sites for hydroxylation is 1. The van der Waals surface area contributed by atoms with Crippen molar-refractivity contribution in [3.8, 4) is 0 Å². The lowest BCUT2D eigenvalue weighted by Crippen LogP contribution is -2.21. The summed E-state index contributed by atoms with van der Waals surface area (Å²) in [5, 5.41) is 3.92. The van der Waals surface area contributed by atoms with Gasteiger partial charge in [0.15, 0.2) is 0 Å². The molecule has 1 N–H and O–H groups in total. The molecule has 0 saturated carbocycles. The molecule has 4 heteroatoms. The molecule has 0 spiro atoms. The zero-order chi connectivity index (χ0) is 11.4. The maximum atomic E-state index is 5.94. The second kappa shape index (κ2) is 5.30. The topological polar surface area (TPSA) is 37.8 Å². The fraction of sp³-hybridized carbons (Fsp3) is 0.500. The first-order valence-corrected chi connectivity index (χ1v) is 6.10. The fourth-order valence-corrected chi connectivity index (χ4v) is 2.03. The molecule has 0 aliphatic heterocycles. The highest BCUT2D eigenvalue weighted by molar-refractivity contribution is 6.29. The molecule has 1 aromatic rings. The predicted molar refractivity (Wildman–Crippen MR) is 66.8 cm³/mol. The standard InChI is InChI=1S/C12H16ClN3/c1-2-11-15-10(13)8-12(16-11)14-9-6-4-3-5-7-9/h3-4,8-9H,2,5-7H2,1H3,(H,14,15,16). The molecule has 0 radical (unpaired) electrons. The third-order valence-electron chi connectivity index (χ3n) is 2.68. The van der Waals surface area contributed by atoms with Crippen LogP contribution in [0.15, 0.2) is 18.2 Å². The van der Waals surface area contributed by atoms with E-state index in [0.29, 0.717) is 11.2 Å². The smallest absolute Gasteiger partial charge is 0.134 e. The van der Waals surface area contributed by atoms with Gasteiger partial charge in [0.25, 0.3) is 0 Å². The number of aromatic nitrogens is 2. The maximum absolute atomic E-state index is 5.94. The van der Waals surface area contributed by atoms with Crippen LogP contribution >= 0.6 is 11.6 Å². The van der Waals surface area contributed by atoms with Crippen molar-refractivity contribution in [2.24, 2.45) is 0 Å². The Morgan fingerprint density at radius 2 is 2.31 bits per heavy atom. The Labute approximate surface area is 101 Å². The van der Waals surface area contributed by atoms with Gasteiger partial charge in [-0.3, -0.25) is 0 Å². The van der Waals surface area contributed by atoms with E-state index in [1.807, 2.05) is 6.92 Å². The lowest BCUT2D eigenvalue weighted by molar-refractivity contribution is 0.641. The van der Waals surface area contributed by atoms with Crippen molar-refractivity contribution in [2.75, 3.05) is 5.32 Å². The van der Waals surface area contributed by atoms with E-state index in [1.165, 1.54) is 0 Å². The van der Waals surface area contributed by atoms with Crippen molar-refractivity contribution >= 4 is 17.4 Å². The predicted octanol–water partition coefficient (Wildman–Crippen LogP) is 3.21. The van der Waals surface area contributed by atoms with Crippen LogP contribution in [0.4, 0.5) is 5.82 Å². The Hall–Kier alpha value is -1.09. The lowest BCUT2D eigenvalue weighted by atomic mass is 10.0. The van der Waals surface area contributed by atoms with Crippen LogP contribution < -0.4 is 5.32 Å². The molecule has 0 aromatic carbocycles. The third kappa shape index (κ3) is 2.95. The van der Waals surface area contributed by atoms with Gasteiger partial charge in [0.05, 0.1) is 0 Å². The van der Waals surface area contributed by atoms with Crippen molar-refractivity contribution < 1.29 is 0 Å². The van der Waals surface area contributed by atoms with Crippen LogP contribution in [0.1, 0.15) is 32.0 Å². The van der Waals surface area contributed by atoms with Gasteiger partial charge in [0, 0.05) is 18.5 Å². The lowest BCUT2D eigenvalue weighted by Gasteiger charge is -2.20. The molecule has 0 bridgehead atoms. The van der Waals surface area contributed by atoms with E-state index in [-0.39, 0.29) is 0 Å². The number of rotatable bonds is 3. The van der Waals surface area contributed by atoms with Gasteiger partial charge in [-0.15, -0.1) is 0 Å². The van der Waals surface area contributed by atoms with E-state index in [9.17, 15) is 0 Å². The second-order valence-electron chi connectivity index (χ2n) is 3.97. The van der Waals surface area contributed by atoms with Gasteiger partial charge in [0.2, 0.25) is 0 Å². The minimum atomic E-state index is 0.473. The fourth-order valence-electron chi connectivity index (χ4n) is 1.83. The van der Waals surface area contributed by atoms with E-state index in [1.54, 1.807) is 6.07 Å². The minimum absolute atomic E-state index is 0.473.